The SMILES string of the molecule is C=C[C@]12CCC(C)(C)C[C@H]1[C@H]1C(=O)C[C@@H]3[C@@]4(C)Cc5cnoc5C(C)(C)[C@@H]4CC[C@@]3(C)[C@]1(C)CC2. The van der Waals surface area contributed by atoms with Crippen molar-refractivity contribution < 1.29 is 9.32 Å². The Morgan fingerprint density at radius 2 is 1.69 bits per heavy atom. The Balaban J connectivity index is 1.46. The van der Waals surface area contributed by atoms with Crippen molar-refractivity contribution in [3.05, 3.63) is 30.2 Å². The molecule has 0 spiro atoms. The fourth-order valence-electron chi connectivity index (χ4n) is 11.4. The zero-order chi connectivity index (χ0) is 25.2. The summed E-state index contributed by atoms with van der Waals surface area (Å²) in [4.78, 5) is 14.5. The molecule has 35 heavy (non-hydrogen) atoms. The Hall–Kier alpha value is -1.38. The van der Waals surface area contributed by atoms with Gasteiger partial charge in [0.05, 0.1) is 6.20 Å². The minimum atomic E-state index is -0.0427. The maximum absolute atomic E-state index is 14.5. The molecule has 3 nitrogen and oxygen atoms in total. The molecule has 1 aromatic rings. The van der Waals surface area contributed by atoms with Crippen LogP contribution in [0, 0.1) is 50.7 Å². The summed E-state index contributed by atoms with van der Waals surface area (Å²) in [5, 5.41) is 4.23. The molecule has 5 aliphatic rings. The van der Waals surface area contributed by atoms with Gasteiger partial charge in [-0.05, 0) is 96.2 Å². The first-order chi connectivity index (χ1) is 16.2. The van der Waals surface area contributed by atoms with E-state index in [0.717, 1.165) is 18.6 Å². The van der Waals surface area contributed by atoms with Crippen molar-refractivity contribution in [2.75, 3.05) is 0 Å². The fourth-order valence-corrected chi connectivity index (χ4v) is 11.4. The number of hydrogen-bond acceptors (Lipinski definition) is 3. The molecule has 0 amide bonds. The van der Waals surface area contributed by atoms with Crippen molar-refractivity contribution in [1.29, 1.82) is 0 Å². The van der Waals surface area contributed by atoms with Crippen LogP contribution in [-0.4, -0.2) is 10.9 Å². The highest BCUT2D eigenvalue weighted by Gasteiger charge is 2.72. The van der Waals surface area contributed by atoms with E-state index in [1.807, 2.05) is 6.20 Å². The van der Waals surface area contributed by atoms with Crippen molar-refractivity contribution in [3.8, 4) is 0 Å². The van der Waals surface area contributed by atoms with Gasteiger partial charge in [0, 0.05) is 23.3 Å². The summed E-state index contributed by atoms with van der Waals surface area (Å²) in [6.07, 6.45) is 14.4. The summed E-state index contributed by atoms with van der Waals surface area (Å²) in [5.41, 5.74) is 2.04. The summed E-state index contributed by atoms with van der Waals surface area (Å²) >= 11 is 0. The third kappa shape index (κ3) is 2.79. The van der Waals surface area contributed by atoms with E-state index in [4.69, 9.17) is 4.52 Å². The van der Waals surface area contributed by atoms with Crippen LogP contribution in [0.3, 0.4) is 0 Å². The van der Waals surface area contributed by atoms with Crippen LogP contribution in [0.4, 0.5) is 0 Å². The van der Waals surface area contributed by atoms with E-state index < -0.39 is 0 Å². The first-order valence-corrected chi connectivity index (χ1v) is 14.3. The van der Waals surface area contributed by atoms with Crippen LogP contribution in [0.25, 0.3) is 0 Å². The molecule has 1 aromatic heterocycles. The quantitative estimate of drug-likeness (QED) is 0.386. The lowest BCUT2D eigenvalue weighted by Crippen LogP contribution is -2.68. The van der Waals surface area contributed by atoms with Crippen LogP contribution in [0.15, 0.2) is 23.4 Å². The molecular formula is C32H47NO2. The highest BCUT2D eigenvalue weighted by Crippen LogP contribution is 2.76. The normalized spacial score (nSPS) is 49.6. The van der Waals surface area contributed by atoms with E-state index >= 15 is 0 Å². The Kier molecular flexibility index (Phi) is 4.75. The smallest absolute Gasteiger partial charge is 0.145 e. The first-order valence-electron chi connectivity index (χ1n) is 14.3. The van der Waals surface area contributed by atoms with Crippen LogP contribution in [0.5, 0.6) is 0 Å². The van der Waals surface area contributed by atoms with Gasteiger partial charge in [0.15, 0.2) is 0 Å². The van der Waals surface area contributed by atoms with Crippen LogP contribution in [-0.2, 0) is 16.6 Å². The molecule has 1 heterocycles. The van der Waals surface area contributed by atoms with E-state index in [0.29, 0.717) is 29.0 Å². The molecule has 0 saturated heterocycles. The minimum Gasteiger partial charge on any atom is -0.361 e. The summed E-state index contributed by atoms with van der Waals surface area (Å²) in [7, 11) is 0. The molecule has 6 rings (SSSR count). The maximum atomic E-state index is 14.5. The lowest BCUT2D eigenvalue weighted by atomic mass is 9.31. The van der Waals surface area contributed by atoms with E-state index in [1.165, 1.54) is 50.5 Å². The van der Waals surface area contributed by atoms with Gasteiger partial charge in [0.2, 0.25) is 0 Å². The molecule has 8 atom stereocenters. The molecule has 192 valence electrons. The molecule has 0 bridgehead atoms. The number of carbonyl (C=O) groups is 1. The molecule has 0 radical (unpaired) electrons. The zero-order valence-corrected chi connectivity index (χ0v) is 23.3. The first kappa shape index (κ1) is 24.0. The van der Waals surface area contributed by atoms with Gasteiger partial charge in [-0.1, -0.05) is 59.7 Å². The number of allylic oxidation sites excluding steroid dienone is 1. The molecule has 3 heteroatoms. The number of hydrogen-bond donors (Lipinski definition) is 0. The van der Waals surface area contributed by atoms with Gasteiger partial charge in [0.25, 0.3) is 0 Å². The average Bonchev–Trinajstić information content (AvgIpc) is 3.24. The van der Waals surface area contributed by atoms with Crippen LogP contribution in [0.1, 0.15) is 111 Å². The zero-order valence-electron chi connectivity index (χ0n) is 23.3. The van der Waals surface area contributed by atoms with Crippen molar-refractivity contribution >= 4 is 5.78 Å². The molecule has 0 unspecified atom stereocenters. The van der Waals surface area contributed by atoms with E-state index in [9.17, 15) is 4.79 Å². The molecule has 0 N–H and O–H groups in total. The number of ketones is 1. The van der Waals surface area contributed by atoms with E-state index in [2.05, 4.69) is 66.3 Å². The third-order valence-corrected chi connectivity index (χ3v) is 13.4. The van der Waals surface area contributed by atoms with Gasteiger partial charge < -0.3 is 4.52 Å². The molecule has 5 aliphatic carbocycles. The molecule has 0 aliphatic heterocycles. The number of aromatic nitrogens is 1. The predicted octanol–water partition coefficient (Wildman–Crippen LogP) is 7.93. The summed E-state index contributed by atoms with van der Waals surface area (Å²) in [6.45, 7) is 21.6. The summed E-state index contributed by atoms with van der Waals surface area (Å²) in [5.74, 6) is 3.22. The van der Waals surface area contributed by atoms with Gasteiger partial charge >= 0.3 is 0 Å². The molecule has 0 aromatic carbocycles. The topological polar surface area (TPSA) is 43.1 Å². The lowest BCUT2D eigenvalue weighted by Gasteiger charge is -2.72. The molecule has 4 fully saturated rings. The van der Waals surface area contributed by atoms with Crippen LogP contribution in [0.2, 0.25) is 0 Å². The van der Waals surface area contributed by atoms with Crippen LogP contribution < -0.4 is 0 Å². The van der Waals surface area contributed by atoms with Gasteiger partial charge in [-0.3, -0.25) is 4.79 Å². The Morgan fingerprint density at radius 1 is 0.971 bits per heavy atom. The minimum absolute atomic E-state index is 0.0427. The number of nitrogens with zero attached hydrogens (tertiary/aromatic N) is 1. The third-order valence-electron chi connectivity index (χ3n) is 13.4. The van der Waals surface area contributed by atoms with Gasteiger partial charge in [-0.15, -0.1) is 6.58 Å². The Labute approximate surface area is 212 Å². The average molecular weight is 478 g/mol. The van der Waals surface area contributed by atoms with Crippen molar-refractivity contribution in [2.24, 2.45) is 50.7 Å². The van der Waals surface area contributed by atoms with Crippen LogP contribution >= 0.6 is 0 Å². The Bertz CT molecular complexity index is 1080. The summed E-state index contributed by atoms with van der Waals surface area (Å²) in [6, 6.07) is 0. The van der Waals surface area contributed by atoms with E-state index in [1.54, 1.807) is 0 Å². The van der Waals surface area contributed by atoms with Crippen molar-refractivity contribution in [1.82, 2.24) is 5.16 Å². The molecule has 4 saturated carbocycles. The number of fused-ring (bicyclic) bond motifs is 8. The monoisotopic (exact) mass is 477 g/mol. The fraction of sp³-hybridized carbons (Fsp3) is 0.812. The number of rotatable bonds is 1. The highest BCUT2D eigenvalue weighted by atomic mass is 16.5. The van der Waals surface area contributed by atoms with Gasteiger partial charge in [-0.25, -0.2) is 0 Å². The number of Topliss-reactive ketones (excluding diaryl/α,β-unsaturated/α-hetero) is 1. The van der Waals surface area contributed by atoms with E-state index in [-0.39, 0.29) is 33.0 Å². The summed E-state index contributed by atoms with van der Waals surface area (Å²) < 4.78 is 5.83. The number of carbonyl (C=O) groups excluding carboxylic acids is 1. The molecular weight excluding hydrogens is 430 g/mol. The second-order valence-corrected chi connectivity index (χ2v) is 15.6. The maximum Gasteiger partial charge on any atom is 0.145 e. The highest BCUT2D eigenvalue weighted by molar-refractivity contribution is 5.84. The van der Waals surface area contributed by atoms with Gasteiger partial charge in [-0.2, -0.15) is 0 Å². The second-order valence-electron chi connectivity index (χ2n) is 15.6. The predicted molar refractivity (Wildman–Crippen MR) is 140 cm³/mol. The van der Waals surface area contributed by atoms with Crippen molar-refractivity contribution in [2.45, 2.75) is 112 Å². The largest absolute Gasteiger partial charge is 0.361 e. The van der Waals surface area contributed by atoms with Gasteiger partial charge in [0.1, 0.15) is 11.5 Å². The van der Waals surface area contributed by atoms with Crippen molar-refractivity contribution in [3.63, 3.8) is 0 Å². The lowest BCUT2D eigenvalue weighted by molar-refractivity contribution is -0.223. The second kappa shape index (κ2) is 6.93. The standard InChI is InChI=1S/C32H47NO2/c1-9-32-14-12-27(2,3)18-21(32)25-22(34)16-24-29(6)17-20-19-33-35-26(20)28(4,5)23(29)10-11-30(24,7)31(25,8)13-15-32/h9,19,21,23-25H,1,10-18H2,2-8H3/t21-,23-,24+,25-,29-,30+,31+,32+/m0/s1. The Morgan fingerprint density at radius 3 is 2.40 bits per heavy atom.